The second-order valence-electron chi connectivity index (χ2n) is 11.5. The van der Waals surface area contributed by atoms with Crippen LogP contribution in [0.2, 0.25) is 19.6 Å². The van der Waals surface area contributed by atoms with Crippen molar-refractivity contribution < 1.29 is 18.8 Å². The molecule has 2 bridgehead atoms. The fourth-order valence-corrected chi connectivity index (χ4v) is 6.55. The molecule has 0 N–H and O–H groups in total. The monoisotopic (exact) mass is 434 g/mol. The van der Waals surface area contributed by atoms with E-state index in [0.29, 0.717) is 26.2 Å². The van der Waals surface area contributed by atoms with E-state index in [0.717, 1.165) is 19.3 Å². The van der Waals surface area contributed by atoms with Gasteiger partial charge in [0.2, 0.25) is 0 Å². The lowest BCUT2D eigenvalue weighted by molar-refractivity contribution is -0.233. The summed E-state index contributed by atoms with van der Waals surface area (Å²) in [6.45, 7) is 21.8. The van der Waals surface area contributed by atoms with Crippen LogP contribution in [0, 0.1) is 12.0 Å². The molecule has 0 radical (unpaired) electrons. The average Bonchev–Trinajstić information content (AvgIpc) is 2.85. The molecule has 166 valence electrons. The largest absolute Gasteiger partial charge is 0.444 e. The maximum absolute atomic E-state index is 13.1. The van der Waals surface area contributed by atoms with E-state index in [9.17, 15) is 9.59 Å². The third-order valence-electron chi connectivity index (χ3n) is 6.73. The topological polar surface area (TPSA) is 66.7 Å². The van der Waals surface area contributed by atoms with Crippen LogP contribution in [0.25, 0.3) is 4.85 Å². The van der Waals surface area contributed by atoms with Crippen molar-refractivity contribution in [2.75, 3.05) is 26.2 Å². The molecular formula is C21H34N4O4Si. The highest BCUT2D eigenvalue weighted by Gasteiger charge is 2.78. The Morgan fingerprint density at radius 1 is 1.20 bits per heavy atom. The number of nitrogens with zero attached hydrogens (tertiary/aromatic N) is 4. The predicted molar refractivity (Wildman–Crippen MR) is 114 cm³/mol. The highest BCUT2D eigenvalue weighted by Crippen LogP contribution is 2.72. The van der Waals surface area contributed by atoms with Crippen LogP contribution >= 0.6 is 0 Å². The predicted octanol–water partition coefficient (Wildman–Crippen LogP) is 3.36. The highest BCUT2D eigenvalue weighted by atomic mass is 28.4. The van der Waals surface area contributed by atoms with Gasteiger partial charge in [-0.1, -0.05) is 0 Å². The summed E-state index contributed by atoms with van der Waals surface area (Å²) in [6, 6.07) is 0.0984. The van der Waals surface area contributed by atoms with Crippen LogP contribution in [0.15, 0.2) is 0 Å². The van der Waals surface area contributed by atoms with Crippen molar-refractivity contribution in [3.63, 3.8) is 0 Å². The van der Waals surface area contributed by atoms with Gasteiger partial charge in [-0.3, -0.25) is 4.85 Å². The molecule has 2 heterocycles. The molecule has 3 amide bonds. The Hall–Kier alpha value is -1.79. The molecule has 8 nitrogen and oxygen atoms in total. The van der Waals surface area contributed by atoms with Crippen LogP contribution in [0.3, 0.4) is 0 Å². The van der Waals surface area contributed by atoms with Gasteiger partial charge in [0.15, 0.2) is 8.32 Å². The van der Waals surface area contributed by atoms with Gasteiger partial charge in [0.25, 0.3) is 0 Å². The molecule has 0 spiro atoms. The third kappa shape index (κ3) is 3.48. The number of hydrogen-bond donors (Lipinski definition) is 0. The Kier molecular flexibility index (Phi) is 4.72. The summed E-state index contributed by atoms with van der Waals surface area (Å²) in [5.41, 5.74) is -0.714. The highest BCUT2D eigenvalue weighted by molar-refractivity contribution is 6.69. The number of amides is 3. The van der Waals surface area contributed by atoms with E-state index in [1.807, 2.05) is 30.6 Å². The molecule has 3 aliphatic carbocycles. The first-order valence-electron chi connectivity index (χ1n) is 10.9. The number of rotatable bonds is 4. The molecule has 30 heavy (non-hydrogen) atoms. The van der Waals surface area contributed by atoms with Gasteiger partial charge in [-0.25, -0.2) is 16.2 Å². The van der Waals surface area contributed by atoms with Crippen LogP contribution in [-0.4, -0.2) is 84.7 Å². The van der Waals surface area contributed by atoms with Crippen molar-refractivity contribution in [3.8, 4) is 0 Å². The van der Waals surface area contributed by atoms with Gasteiger partial charge in [-0.15, -0.1) is 0 Å². The van der Waals surface area contributed by atoms with Crippen LogP contribution in [0.1, 0.15) is 40.0 Å². The summed E-state index contributed by atoms with van der Waals surface area (Å²) in [4.78, 5) is 35.0. The van der Waals surface area contributed by atoms with E-state index in [-0.39, 0.29) is 35.3 Å². The normalized spacial score (nSPS) is 34.0. The third-order valence-corrected chi connectivity index (χ3v) is 7.66. The first-order valence-corrected chi connectivity index (χ1v) is 14.3. The number of fused-ring (bicyclic) bond motifs is 1. The molecule has 0 aromatic heterocycles. The molecular weight excluding hydrogens is 400 g/mol. The molecule has 2 saturated heterocycles. The lowest BCUT2D eigenvalue weighted by Crippen LogP contribution is -2.78. The van der Waals surface area contributed by atoms with Crippen molar-refractivity contribution in [1.29, 1.82) is 0 Å². The Balaban J connectivity index is 1.38. The minimum absolute atomic E-state index is 0.0126. The number of piperazine rings is 1. The minimum Gasteiger partial charge on any atom is -0.444 e. The lowest BCUT2D eigenvalue weighted by atomic mass is 9.38. The maximum atomic E-state index is 13.1. The second-order valence-corrected chi connectivity index (χ2v) is 16.0. The van der Waals surface area contributed by atoms with Gasteiger partial charge in [0, 0.05) is 31.7 Å². The summed E-state index contributed by atoms with van der Waals surface area (Å²) in [5, 5.41) is 0. The van der Waals surface area contributed by atoms with Crippen molar-refractivity contribution in [2.45, 2.75) is 83.1 Å². The zero-order valence-electron chi connectivity index (χ0n) is 19.0. The second kappa shape index (κ2) is 6.60. The number of carbonyl (C=O) groups excluding carboxylic acids is 2. The van der Waals surface area contributed by atoms with Gasteiger partial charge in [-0.2, -0.15) is 0 Å². The Morgan fingerprint density at radius 2 is 1.83 bits per heavy atom. The number of hydrogen-bond acceptors (Lipinski definition) is 4. The summed E-state index contributed by atoms with van der Waals surface area (Å²) in [7, 11) is -1.79. The summed E-state index contributed by atoms with van der Waals surface area (Å²) in [6.07, 6.45) is 1.90. The lowest BCUT2D eigenvalue weighted by Gasteiger charge is -2.72. The van der Waals surface area contributed by atoms with E-state index in [4.69, 9.17) is 15.7 Å². The van der Waals surface area contributed by atoms with Gasteiger partial charge >= 0.3 is 18.4 Å². The molecule has 5 aliphatic rings. The molecule has 5 fully saturated rings. The van der Waals surface area contributed by atoms with Gasteiger partial charge in [0.05, 0.1) is 11.5 Å². The molecule has 3 saturated carbocycles. The maximum Gasteiger partial charge on any atom is 0.410 e. The smallest absolute Gasteiger partial charge is 0.410 e. The van der Waals surface area contributed by atoms with Gasteiger partial charge < -0.3 is 23.9 Å². The van der Waals surface area contributed by atoms with Crippen LogP contribution in [0.5, 0.6) is 0 Å². The van der Waals surface area contributed by atoms with E-state index in [2.05, 4.69) is 24.5 Å². The van der Waals surface area contributed by atoms with Crippen molar-refractivity contribution in [3.05, 3.63) is 11.4 Å². The van der Waals surface area contributed by atoms with Gasteiger partial charge in [-0.05, 0) is 59.7 Å². The van der Waals surface area contributed by atoms with Gasteiger partial charge in [0.1, 0.15) is 5.60 Å². The number of urea groups is 1. The Morgan fingerprint density at radius 3 is 2.37 bits per heavy atom. The van der Waals surface area contributed by atoms with Crippen LogP contribution < -0.4 is 0 Å². The van der Waals surface area contributed by atoms with E-state index in [1.54, 1.807) is 4.90 Å². The standard InChI is InChI=1S/C21H34N4O4Si/c1-19(2,3)28-18(27)23-8-9-24-15(10-23)11-25(17(24)26)21-12-20(13-21,14-21)16(22-4)29-30(5,6)7/h15-16H,8-14H2,1-3,5-7H3/t15-,16?,20?,21?/m0/s1. The fourth-order valence-electron chi connectivity index (χ4n) is 5.58. The molecule has 9 heteroatoms. The first-order chi connectivity index (χ1) is 13.8. The van der Waals surface area contributed by atoms with Crippen molar-refractivity contribution in [1.82, 2.24) is 14.7 Å². The number of carbonyl (C=O) groups is 2. The summed E-state index contributed by atoms with van der Waals surface area (Å²) in [5.74, 6) is 0. The van der Waals surface area contributed by atoms with E-state index >= 15 is 0 Å². The fraction of sp³-hybridized carbons (Fsp3) is 0.857. The van der Waals surface area contributed by atoms with Crippen LogP contribution in [-0.2, 0) is 9.16 Å². The molecule has 2 aliphatic heterocycles. The SMILES string of the molecule is [C-]#[N+]C(O[Si](C)(C)C)C12CC(N3C[C@@H]4CN(C(=O)OC(C)(C)C)CCN4C3=O)(C1)C2. The van der Waals surface area contributed by atoms with E-state index in [1.165, 1.54) is 0 Å². The minimum atomic E-state index is -1.79. The number of ether oxygens (including phenoxy) is 1. The zero-order chi connectivity index (χ0) is 22.1. The Bertz CT molecular complexity index is 777. The molecule has 5 rings (SSSR count). The van der Waals surface area contributed by atoms with E-state index < -0.39 is 13.9 Å². The summed E-state index contributed by atoms with van der Waals surface area (Å²) >= 11 is 0. The molecule has 2 atom stereocenters. The first kappa shape index (κ1) is 21.4. The molecule has 0 aromatic rings. The van der Waals surface area contributed by atoms with Crippen molar-refractivity contribution in [2.24, 2.45) is 5.41 Å². The summed E-state index contributed by atoms with van der Waals surface area (Å²) < 4.78 is 11.7. The van der Waals surface area contributed by atoms with Crippen molar-refractivity contribution >= 4 is 20.4 Å². The Labute approximate surface area is 180 Å². The molecule has 1 unspecified atom stereocenters. The average molecular weight is 435 g/mol. The molecule has 0 aromatic carbocycles. The zero-order valence-corrected chi connectivity index (χ0v) is 20.0. The quantitative estimate of drug-likeness (QED) is 0.503. The van der Waals surface area contributed by atoms with Crippen LogP contribution in [0.4, 0.5) is 9.59 Å².